The highest BCUT2D eigenvalue weighted by Gasteiger charge is 1.91. The van der Waals surface area contributed by atoms with E-state index >= 15 is 0 Å². The second kappa shape index (κ2) is 5.12. The zero-order chi connectivity index (χ0) is 8.81. The van der Waals surface area contributed by atoms with Crippen molar-refractivity contribution in [1.82, 2.24) is 5.32 Å². The van der Waals surface area contributed by atoms with Gasteiger partial charge in [-0.2, -0.15) is 0 Å². The van der Waals surface area contributed by atoms with Crippen LogP contribution in [0.1, 0.15) is 18.7 Å². The lowest BCUT2D eigenvalue weighted by Gasteiger charge is -2.04. The second-order valence-corrected chi connectivity index (χ2v) is 3.70. The largest absolute Gasteiger partial charge is 0.311 e. The van der Waals surface area contributed by atoms with Crippen molar-refractivity contribution in [2.45, 2.75) is 19.9 Å². The van der Waals surface area contributed by atoms with Crippen molar-refractivity contribution in [2.24, 2.45) is 0 Å². The Labute approximate surface area is 78.1 Å². The number of likely N-dealkylation sites (N-methyl/N-ethyl adjacent to an activating group) is 1. The lowest BCUT2D eigenvalue weighted by atomic mass is 10.3. The van der Waals surface area contributed by atoms with Gasteiger partial charge in [-0.3, -0.25) is 0 Å². The van der Waals surface area contributed by atoms with E-state index in [2.05, 4.69) is 48.8 Å². The number of rotatable bonds is 4. The van der Waals surface area contributed by atoms with E-state index in [1.807, 2.05) is 0 Å². The van der Waals surface area contributed by atoms with Crippen LogP contribution in [0.4, 0.5) is 0 Å². The Hall–Kier alpha value is -0.600. The average Bonchev–Trinajstić information content (AvgIpc) is 2.53. The van der Waals surface area contributed by atoms with Crippen molar-refractivity contribution in [1.29, 1.82) is 0 Å². The maximum Gasteiger partial charge on any atom is 0.0267 e. The van der Waals surface area contributed by atoms with E-state index in [9.17, 15) is 0 Å². The standard InChI is InChI=1S/C10H15NS/c1-3-11-9(2)6-7-10-5-4-8-12-10/h4-9,11H,3H2,1-2H3/b7-6+. The van der Waals surface area contributed by atoms with Gasteiger partial charge in [0.25, 0.3) is 0 Å². The van der Waals surface area contributed by atoms with Crippen LogP contribution in [0.15, 0.2) is 23.6 Å². The molecule has 0 amide bonds. The molecule has 1 aromatic rings. The van der Waals surface area contributed by atoms with Crippen LogP contribution in [0.25, 0.3) is 6.08 Å². The smallest absolute Gasteiger partial charge is 0.0267 e. The zero-order valence-corrected chi connectivity index (χ0v) is 8.40. The van der Waals surface area contributed by atoms with Gasteiger partial charge in [0.05, 0.1) is 0 Å². The van der Waals surface area contributed by atoms with E-state index in [-0.39, 0.29) is 0 Å². The molecule has 0 bridgehead atoms. The molecule has 0 saturated carbocycles. The summed E-state index contributed by atoms with van der Waals surface area (Å²) >= 11 is 1.77. The lowest BCUT2D eigenvalue weighted by Crippen LogP contribution is -2.22. The maximum absolute atomic E-state index is 3.33. The summed E-state index contributed by atoms with van der Waals surface area (Å²) in [5.41, 5.74) is 0. The molecule has 1 nitrogen and oxygen atoms in total. The van der Waals surface area contributed by atoms with Gasteiger partial charge in [0.15, 0.2) is 0 Å². The summed E-state index contributed by atoms with van der Waals surface area (Å²) in [4.78, 5) is 1.32. The molecule has 0 aromatic carbocycles. The van der Waals surface area contributed by atoms with Gasteiger partial charge >= 0.3 is 0 Å². The maximum atomic E-state index is 3.33. The van der Waals surface area contributed by atoms with Gasteiger partial charge in [0.1, 0.15) is 0 Å². The fourth-order valence-electron chi connectivity index (χ4n) is 1.02. The van der Waals surface area contributed by atoms with Gasteiger partial charge in [-0.25, -0.2) is 0 Å². The van der Waals surface area contributed by atoms with Crippen molar-refractivity contribution in [3.8, 4) is 0 Å². The highest BCUT2D eigenvalue weighted by Crippen LogP contribution is 2.10. The minimum Gasteiger partial charge on any atom is -0.311 e. The summed E-state index contributed by atoms with van der Waals surface area (Å²) in [5.74, 6) is 0. The number of hydrogen-bond acceptors (Lipinski definition) is 2. The molecule has 0 radical (unpaired) electrons. The minimum absolute atomic E-state index is 0.470. The van der Waals surface area contributed by atoms with E-state index in [4.69, 9.17) is 0 Å². The predicted octanol–water partition coefficient (Wildman–Crippen LogP) is 2.76. The van der Waals surface area contributed by atoms with E-state index in [0.29, 0.717) is 6.04 Å². The number of hydrogen-bond donors (Lipinski definition) is 1. The Morgan fingerprint density at radius 1 is 1.67 bits per heavy atom. The third kappa shape index (κ3) is 3.20. The molecule has 0 saturated heterocycles. The first-order valence-corrected chi connectivity index (χ1v) is 5.16. The van der Waals surface area contributed by atoms with Gasteiger partial charge in [0.2, 0.25) is 0 Å². The first kappa shape index (κ1) is 9.49. The van der Waals surface area contributed by atoms with Crippen LogP contribution in [0.3, 0.4) is 0 Å². The molecular formula is C10H15NS. The highest BCUT2D eigenvalue weighted by atomic mass is 32.1. The molecule has 1 rings (SSSR count). The fraction of sp³-hybridized carbons (Fsp3) is 0.400. The molecule has 2 heteroatoms. The van der Waals surface area contributed by atoms with E-state index in [0.717, 1.165) is 6.54 Å². The molecule has 0 aliphatic carbocycles. The van der Waals surface area contributed by atoms with Gasteiger partial charge in [-0.1, -0.05) is 19.1 Å². The Bertz CT molecular complexity index is 226. The molecule has 1 N–H and O–H groups in total. The average molecular weight is 181 g/mol. The topological polar surface area (TPSA) is 12.0 Å². The molecule has 12 heavy (non-hydrogen) atoms. The van der Waals surface area contributed by atoms with Crippen LogP contribution >= 0.6 is 11.3 Å². The molecule has 0 aliphatic rings. The van der Waals surface area contributed by atoms with Crippen molar-refractivity contribution in [3.05, 3.63) is 28.5 Å². The van der Waals surface area contributed by atoms with Crippen molar-refractivity contribution in [2.75, 3.05) is 6.54 Å². The molecule has 1 atom stereocenters. The predicted molar refractivity (Wildman–Crippen MR) is 56.5 cm³/mol. The summed E-state index contributed by atoms with van der Waals surface area (Å²) in [7, 11) is 0. The monoisotopic (exact) mass is 181 g/mol. The number of thiophene rings is 1. The summed E-state index contributed by atoms with van der Waals surface area (Å²) < 4.78 is 0. The highest BCUT2D eigenvalue weighted by molar-refractivity contribution is 7.10. The first-order chi connectivity index (χ1) is 5.83. The Kier molecular flexibility index (Phi) is 4.05. The van der Waals surface area contributed by atoms with E-state index < -0.39 is 0 Å². The van der Waals surface area contributed by atoms with Crippen molar-refractivity contribution in [3.63, 3.8) is 0 Å². The fourth-order valence-corrected chi connectivity index (χ4v) is 1.64. The molecular weight excluding hydrogens is 166 g/mol. The summed E-state index contributed by atoms with van der Waals surface area (Å²) in [6.45, 7) is 5.30. The molecule has 1 heterocycles. The molecule has 0 spiro atoms. The molecule has 0 aliphatic heterocycles. The second-order valence-electron chi connectivity index (χ2n) is 2.72. The van der Waals surface area contributed by atoms with E-state index in [1.54, 1.807) is 11.3 Å². The summed E-state index contributed by atoms with van der Waals surface area (Å²) in [6.07, 6.45) is 4.35. The molecule has 1 aromatic heterocycles. The van der Waals surface area contributed by atoms with E-state index in [1.165, 1.54) is 4.88 Å². The Morgan fingerprint density at radius 2 is 2.50 bits per heavy atom. The lowest BCUT2D eigenvalue weighted by molar-refractivity contribution is 0.663. The van der Waals surface area contributed by atoms with Gasteiger partial charge in [-0.15, -0.1) is 11.3 Å². The number of nitrogens with one attached hydrogen (secondary N) is 1. The minimum atomic E-state index is 0.470. The SMILES string of the molecule is CCNC(C)/C=C/c1cccs1. The molecule has 66 valence electrons. The third-order valence-corrected chi connectivity index (χ3v) is 2.46. The van der Waals surface area contributed by atoms with Crippen LogP contribution in [-0.2, 0) is 0 Å². The first-order valence-electron chi connectivity index (χ1n) is 4.28. The van der Waals surface area contributed by atoms with Gasteiger partial charge in [0, 0.05) is 10.9 Å². The van der Waals surface area contributed by atoms with Crippen molar-refractivity contribution >= 4 is 17.4 Å². The van der Waals surface area contributed by atoms with Crippen LogP contribution in [0.2, 0.25) is 0 Å². The zero-order valence-electron chi connectivity index (χ0n) is 7.58. The summed E-state index contributed by atoms with van der Waals surface area (Å²) in [6, 6.07) is 4.67. The molecule has 0 fully saturated rings. The van der Waals surface area contributed by atoms with Crippen LogP contribution < -0.4 is 5.32 Å². The third-order valence-electron chi connectivity index (χ3n) is 1.62. The van der Waals surface area contributed by atoms with Crippen LogP contribution in [0.5, 0.6) is 0 Å². The van der Waals surface area contributed by atoms with Gasteiger partial charge < -0.3 is 5.32 Å². The summed E-state index contributed by atoms with van der Waals surface area (Å²) in [5, 5.41) is 5.42. The van der Waals surface area contributed by atoms with Crippen molar-refractivity contribution < 1.29 is 0 Å². The Morgan fingerprint density at radius 3 is 3.08 bits per heavy atom. The normalized spacial score (nSPS) is 13.8. The van der Waals surface area contributed by atoms with Crippen LogP contribution in [-0.4, -0.2) is 12.6 Å². The van der Waals surface area contributed by atoms with Gasteiger partial charge in [-0.05, 0) is 31.0 Å². The van der Waals surface area contributed by atoms with Crippen LogP contribution in [0, 0.1) is 0 Å². The quantitative estimate of drug-likeness (QED) is 0.753. The molecule has 1 unspecified atom stereocenters. The Balaban J connectivity index is 2.40.